The van der Waals surface area contributed by atoms with E-state index >= 15 is 0 Å². The molecule has 1 aromatic carbocycles. The normalized spacial score (nSPS) is 13.0. The summed E-state index contributed by atoms with van der Waals surface area (Å²) in [6.07, 6.45) is 0. The van der Waals surface area contributed by atoms with Crippen molar-refractivity contribution in [3.63, 3.8) is 0 Å². The van der Waals surface area contributed by atoms with E-state index in [-0.39, 0.29) is 11.7 Å². The summed E-state index contributed by atoms with van der Waals surface area (Å²) in [6, 6.07) is 3.18. The third-order valence-corrected chi connectivity index (χ3v) is 3.26. The van der Waals surface area contributed by atoms with Gasteiger partial charge < -0.3 is 5.73 Å². The lowest BCUT2D eigenvalue weighted by Crippen LogP contribution is -2.09. The molecule has 4 heteroatoms. The second-order valence-corrected chi connectivity index (χ2v) is 4.14. The van der Waals surface area contributed by atoms with Crippen LogP contribution in [0.3, 0.4) is 0 Å². The predicted octanol–water partition coefficient (Wildman–Crippen LogP) is 3.30. The average molecular weight is 267 g/mol. The Morgan fingerprint density at radius 1 is 1.62 bits per heavy atom. The van der Waals surface area contributed by atoms with Crippen molar-refractivity contribution in [1.82, 2.24) is 0 Å². The maximum Gasteiger partial charge on any atom is 0.139 e. The monoisotopic (exact) mass is 265 g/mol. The Balaban J connectivity index is 3.13. The highest BCUT2D eigenvalue weighted by Crippen LogP contribution is 2.29. The van der Waals surface area contributed by atoms with Crippen LogP contribution in [0.25, 0.3) is 0 Å². The van der Waals surface area contributed by atoms with Crippen LogP contribution in [0.5, 0.6) is 0 Å². The van der Waals surface area contributed by atoms with Gasteiger partial charge in [-0.1, -0.05) is 18.5 Å². The molecule has 1 aromatic rings. The Hall–Kier alpha value is -0.120. The van der Waals surface area contributed by atoms with E-state index in [2.05, 4.69) is 15.9 Å². The van der Waals surface area contributed by atoms with Gasteiger partial charge in [-0.3, -0.25) is 0 Å². The Labute approximate surface area is 90.2 Å². The summed E-state index contributed by atoms with van der Waals surface area (Å²) in [5.41, 5.74) is 6.29. The van der Waals surface area contributed by atoms with Crippen LogP contribution in [0.4, 0.5) is 4.39 Å². The van der Waals surface area contributed by atoms with Crippen molar-refractivity contribution >= 4 is 27.5 Å². The largest absolute Gasteiger partial charge is 0.330 e. The Bertz CT molecular complexity index is 293. The third-order valence-electron chi connectivity index (χ3n) is 1.93. The first-order valence-electron chi connectivity index (χ1n) is 3.90. The molecule has 0 saturated heterocycles. The van der Waals surface area contributed by atoms with Crippen LogP contribution in [0.1, 0.15) is 18.4 Å². The molecule has 0 saturated carbocycles. The second-order valence-electron chi connectivity index (χ2n) is 2.94. The van der Waals surface area contributed by atoms with Crippen molar-refractivity contribution in [2.45, 2.75) is 12.8 Å². The molecule has 0 radical (unpaired) electrons. The van der Waals surface area contributed by atoms with Crippen LogP contribution >= 0.6 is 27.5 Å². The zero-order valence-corrected chi connectivity index (χ0v) is 9.49. The summed E-state index contributed by atoms with van der Waals surface area (Å²) >= 11 is 8.84. The smallest absolute Gasteiger partial charge is 0.139 e. The molecule has 0 bridgehead atoms. The van der Waals surface area contributed by atoms with Crippen molar-refractivity contribution in [1.29, 1.82) is 0 Å². The molecule has 0 fully saturated rings. The molecule has 1 atom stereocenters. The van der Waals surface area contributed by atoms with Gasteiger partial charge in [-0.2, -0.15) is 0 Å². The number of benzene rings is 1. The maximum atomic E-state index is 13.2. The van der Waals surface area contributed by atoms with E-state index in [0.29, 0.717) is 16.0 Å². The Morgan fingerprint density at radius 2 is 2.23 bits per heavy atom. The minimum absolute atomic E-state index is 0.125. The molecule has 0 heterocycles. The van der Waals surface area contributed by atoms with Crippen LogP contribution in [-0.2, 0) is 0 Å². The fraction of sp³-hybridized carbons (Fsp3) is 0.333. The quantitative estimate of drug-likeness (QED) is 0.817. The first kappa shape index (κ1) is 11.0. The van der Waals surface area contributed by atoms with E-state index in [1.165, 1.54) is 6.07 Å². The highest BCUT2D eigenvalue weighted by molar-refractivity contribution is 9.10. The van der Waals surface area contributed by atoms with Gasteiger partial charge in [-0.05, 0) is 46.1 Å². The molecule has 1 rings (SSSR count). The van der Waals surface area contributed by atoms with Gasteiger partial charge in [-0.15, -0.1) is 0 Å². The lowest BCUT2D eigenvalue weighted by Gasteiger charge is -2.10. The van der Waals surface area contributed by atoms with Crippen molar-refractivity contribution in [3.8, 4) is 0 Å². The Kier molecular flexibility index (Phi) is 3.71. The maximum absolute atomic E-state index is 13.2. The number of rotatable bonds is 2. The minimum Gasteiger partial charge on any atom is -0.330 e. The van der Waals surface area contributed by atoms with E-state index in [9.17, 15) is 4.39 Å². The molecule has 0 aliphatic rings. The zero-order valence-electron chi connectivity index (χ0n) is 7.15. The average Bonchev–Trinajstić information content (AvgIpc) is 2.12. The number of hydrogen-bond donors (Lipinski definition) is 1. The van der Waals surface area contributed by atoms with E-state index in [4.69, 9.17) is 17.3 Å². The van der Waals surface area contributed by atoms with Gasteiger partial charge >= 0.3 is 0 Å². The lowest BCUT2D eigenvalue weighted by molar-refractivity contribution is 0.615. The van der Waals surface area contributed by atoms with E-state index in [0.717, 1.165) is 5.56 Å². The molecule has 13 heavy (non-hydrogen) atoms. The molecule has 0 amide bonds. The molecule has 0 spiro atoms. The van der Waals surface area contributed by atoms with E-state index in [1.807, 2.05) is 6.92 Å². The molecular weight excluding hydrogens is 256 g/mol. The van der Waals surface area contributed by atoms with Gasteiger partial charge in [0.05, 0.1) is 9.50 Å². The molecule has 1 nitrogen and oxygen atoms in total. The van der Waals surface area contributed by atoms with Gasteiger partial charge in [0.1, 0.15) is 5.82 Å². The van der Waals surface area contributed by atoms with Crippen molar-refractivity contribution in [2.75, 3.05) is 6.54 Å². The van der Waals surface area contributed by atoms with Gasteiger partial charge in [0.15, 0.2) is 0 Å². The first-order chi connectivity index (χ1) is 6.06. The first-order valence-corrected chi connectivity index (χ1v) is 5.08. The van der Waals surface area contributed by atoms with E-state index in [1.54, 1.807) is 6.07 Å². The number of halogens is 3. The molecule has 2 N–H and O–H groups in total. The molecule has 72 valence electrons. The molecule has 1 unspecified atom stereocenters. The molecular formula is C9H10BrClFN. The summed E-state index contributed by atoms with van der Waals surface area (Å²) in [7, 11) is 0. The van der Waals surface area contributed by atoms with Gasteiger partial charge in [-0.25, -0.2) is 4.39 Å². The van der Waals surface area contributed by atoms with Crippen molar-refractivity contribution in [3.05, 3.63) is 33.0 Å². The van der Waals surface area contributed by atoms with Crippen LogP contribution in [0, 0.1) is 5.82 Å². The highest BCUT2D eigenvalue weighted by atomic mass is 79.9. The third kappa shape index (κ3) is 2.42. The van der Waals surface area contributed by atoms with E-state index < -0.39 is 0 Å². The molecule has 0 aliphatic heterocycles. The standard InChI is InChI=1S/C9H10BrClFN/c1-5(4-13)6-2-7(11)9(10)8(12)3-6/h2-3,5H,4,13H2,1H3. The van der Waals surface area contributed by atoms with Crippen LogP contribution in [0.15, 0.2) is 16.6 Å². The summed E-state index contributed by atoms with van der Waals surface area (Å²) in [5, 5.41) is 0.385. The molecule has 0 aromatic heterocycles. The summed E-state index contributed by atoms with van der Waals surface area (Å²) in [5.74, 6) is -0.220. The van der Waals surface area contributed by atoms with Crippen LogP contribution < -0.4 is 5.73 Å². The van der Waals surface area contributed by atoms with Gasteiger partial charge in [0, 0.05) is 0 Å². The molecule has 0 aliphatic carbocycles. The van der Waals surface area contributed by atoms with Crippen LogP contribution in [-0.4, -0.2) is 6.54 Å². The number of nitrogens with two attached hydrogens (primary N) is 1. The topological polar surface area (TPSA) is 26.0 Å². The highest BCUT2D eigenvalue weighted by Gasteiger charge is 2.10. The Morgan fingerprint density at radius 3 is 2.69 bits per heavy atom. The summed E-state index contributed by atoms with van der Waals surface area (Å²) < 4.78 is 13.5. The zero-order chi connectivity index (χ0) is 10.0. The summed E-state index contributed by atoms with van der Waals surface area (Å²) in [4.78, 5) is 0. The second kappa shape index (κ2) is 4.40. The number of hydrogen-bond acceptors (Lipinski definition) is 1. The van der Waals surface area contributed by atoms with Gasteiger partial charge in [0.2, 0.25) is 0 Å². The summed E-state index contributed by atoms with van der Waals surface area (Å²) in [6.45, 7) is 2.41. The predicted molar refractivity (Wildman–Crippen MR) is 56.6 cm³/mol. The lowest BCUT2D eigenvalue weighted by atomic mass is 10.0. The van der Waals surface area contributed by atoms with Gasteiger partial charge in [0.25, 0.3) is 0 Å². The SMILES string of the molecule is CC(CN)c1cc(F)c(Br)c(Cl)c1. The minimum atomic E-state index is -0.345. The fourth-order valence-corrected chi connectivity index (χ4v) is 1.44. The van der Waals surface area contributed by atoms with Crippen molar-refractivity contribution < 1.29 is 4.39 Å². The van der Waals surface area contributed by atoms with Crippen molar-refractivity contribution in [2.24, 2.45) is 5.73 Å². The van der Waals surface area contributed by atoms with Crippen LogP contribution in [0.2, 0.25) is 5.02 Å². The fourth-order valence-electron chi connectivity index (χ4n) is 0.996.